The average Bonchev–Trinajstić information content (AvgIpc) is 2.37. The molecular weight excluding hydrogens is 236 g/mol. The van der Waals surface area contributed by atoms with E-state index in [1.54, 1.807) is 0 Å². The maximum absolute atomic E-state index is 10.4. The van der Waals surface area contributed by atoms with Gasteiger partial charge in [0, 0.05) is 12.7 Å². The fourth-order valence-electron chi connectivity index (χ4n) is 2.58. The van der Waals surface area contributed by atoms with Gasteiger partial charge in [-0.1, -0.05) is 46.1 Å². The quantitative estimate of drug-likeness (QED) is 0.876. The highest BCUT2D eigenvalue weighted by Gasteiger charge is 2.28. The number of pyridine rings is 1. The molecule has 3 nitrogen and oxygen atoms in total. The lowest BCUT2D eigenvalue weighted by molar-refractivity contribution is 0.0166. The first kappa shape index (κ1) is 14.3. The summed E-state index contributed by atoms with van der Waals surface area (Å²) in [5.74, 6) is 0.854. The number of hydrogen-bond donors (Lipinski definition) is 2. The van der Waals surface area contributed by atoms with Crippen molar-refractivity contribution in [3.63, 3.8) is 0 Å². The van der Waals surface area contributed by atoms with Crippen LogP contribution >= 0.6 is 0 Å². The molecule has 1 fully saturated rings. The molecule has 0 atom stereocenters. The highest BCUT2D eigenvalue weighted by atomic mass is 16.3. The molecular formula is C16H26N2O. The Kier molecular flexibility index (Phi) is 4.14. The number of aromatic nitrogens is 1. The summed E-state index contributed by atoms with van der Waals surface area (Å²) in [6.07, 6.45) is 7.25. The monoisotopic (exact) mass is 262 g/mol. The van der Waals surface area contributed by atoms with Crippen LogP contribution in [-0.4, -0.2) is 22.2 Å². The fraction of sp³-hybridized carbons (Fsp3) is 0.688. The molecule has 0 radical (unpaired) electrons. The van der Waals surface area contributed by atoms with Crippen LogP contribution in [0.15, 0.2) is 18.3 Å². The molecule has 2 N–H and O–H groups in total. The summed E-state index contributed by atoms with van der Waals surface area (Å²) >= 11 is 0. The van der Waals surface area contributed by atoms with Gasteiger partial charge in [0.05, 0.1) is 5.60 Å². The third kappa shape index (κ3) is 3.93. The molecule has 0 saturated heterocycles. The largest absolute Gasteiger partial charge is 0.388 e. The minimum atomic E-state index is -0.539. The first-order chi connectivity index (χ1) is 8.89. The minimum absolute atomic E-state index is 0.132. The number of rotatable bonds is 3. The van der Waals surface area contributed by atoms with Gasteiger partial charge in [0.2, 0.25) is 0 Å². The molecule has 1 saturated carbocycles. The Balaban J connectivity index is 1.93. The summed E-state index contributed by atoms with van der Waals surface area (Å²) in [5, 5.41) is 13.7. The van der Waals surface area contributed by atoms with Gasteiger partial charge in [-0.3, -0.25) is 0 Å². The van der Waals surface area contributed by atoms with E-state index in [1.807, 2.05) is 12.3 Å². The van der Waals surface area contributed by atoms with E-state index in [0.29, 0.717) is 6.54 Å². The van der Waals surface area contributed by atoms with Crippen LogP contribution < -0.4 is 5.32 Å². The number of nitrogens with zero attached hydrogens (tertiary/aromatic N) is 1. The smallest absolute Gasteiger partial charge is 0.125 e. The SMILES string of the molecule is CC(C)(C)c1ccc(NCC2(O)CCCCC2)nc1. The van der Waals surface area contributed by atoms with Crippen molar-refractivity contribution in [1.29, 1.82) is 0 Å². The lowest BCUT2D eigenvalue weighted by Gasteiger charge is -2.32. The molecule has 3 heteroatoms. The zero-order chi connectivity index (χ0) is 13.9. The van der Waals surface area contributed by atoms with E-state index in [0.717, 1.165) is 31.5 Å². The van der Waals surface area contributed by atoms with Crippen molar-refractivity contribution in [2.75, 3.05) is 11.9 Å². The number of anilines is 1. The Morgan fingerprint density at radius 2 is 1.89 bits per heavy atom. The van der Waals surface area contributed by atoms with Gasteiger partial charge >= 0.3 is 0 Å². The van der Waals surface area contributed by atoms with E-state index >= 15 is 0 Å². The lowest BCUT2D eigenvalue weighted by Crippen LogP contribution is -2.38. The van der Waals surface area contributed by atoms with E-state index in [2.05, 4.69) is 37.1 Å². The van der Waals surface area contributed by atoms with Gasteiger partial charge < -0.3 is 10.4 Å². The van der Waals surface area contributed by atoms with Gasteiger partial charge in [0.1, 0.15) is 5.82 Å². The van der Waals surface area contributed by atoms with Crippen molar-refractivity contribution in [1.82, 2.24) is 4.98 Å². The predicted molar refractivity (Wildman–Crippen MR) is 79.5 cm³/mol. The van der Waals surface area contributed by atoms with Crippen LogP contribution in [0.1, 0.15) is 58.4 Å². The lowest BCUT2D eigenvalue weighted by atomic mass is 9.85. The van der Waals surface area contributed by atoms with E-state index in [9.17, 15) is 5.11 Å². The Hall–Kier alpha value is -1.09. The fourth-order valence-corrected chi connectivity index (χ4v) is 2.58. The van der Waals surface area contributed by atoms with Crippen LogP contribution in [0.3, 0.4) is 0 Å². The average molecular weight is 262 g/mol. The first-order valence-corrected chi connectivity index (χ1v) is 7.32. The first-order valence-electron chi connectivity index (χ1n) is 7.32. The third-order valence-electron chi connectivity index (χ3n) is 4.01. The van der Waals surface area contributed by atoms with Gasteiger partial charge in [0.15, 0.2) is 0 Å². The highest BCUT2D eigenvalue weighted by Crippen LogP contribution is 2.28. The summed E-state index contributed by atoms with van der Waals surface area (Å²) in [4.78, 5) is 4.44. The molecule has 1 aliphatic carbocycles. The predicted octanol–water partition coefficient (Wildman–Crippen LogP) is 3.49. The van der Waals surface area contributed by atoms with E-state index in [-0.39, 0.29) is 5.41 Å². The highest BCUT2D eigenvalue weighted by molar-refractivity contribution is 5.37. The van der Waals surface area contributed by atoms with Crippen LogP contribution in [0.25, 0.3) is 0 Å². The van der Waals surface area contributed by atoms with Crippen LogP contribution in [0.5, 0.6) is 0 Å². The van der Waals surface area contributed by atoms with Crippen LogP contribution in [0, 0.1) is 0 Å². The summed E-state index contributed by atoms with van der Waals surface area (Å²) in [5.41, 5.74) is 0.824. The molecule has 0 aliphatic heterocycles. The summed E-state index contributed by atoms with van der Waals surface area (Å²) in [7, 11) is 0. The van der Waals surface area contributed by atoms with Crippen molar-refractivity contribution in [2.24, 2.45) is 0 Å². The van der Waals surface area contributed by atoms with Gasteiger partial charge in [-0.15, -0.1) is 0 Å². The molecule has 1 aliphatic rings. The summed E-state index contributed by atoms with van der Waals surface area (Å²) in [6, 6.07) is 4.12. The molecule has 106 valence electrons. The number of hydrogen-bond acceptors (Lipinski definition) is 3. The molecule has 2 rings (SSSR count). The van der Waals surface area contributed by atoms with Crippen molar-refractivity contribution >= 4 is 5.82 Å². The van der Waals surface area contributed by atoms with Crippen molar-refractivity contribution in [2.45, 2.75) is 63.9 Å². The van der Waals surface area contributed by atoms with E-state index < -0.39 is 5.60 Å². The molecule has 0 bridgehead atoms. The molecule has 1 aromatic rings. The van der Waals surface area contributed by atoms with Crippen LogP contribution in [0.2, 0.25) is 0 Å². The van der Waals surface area contributed by atoms with Crippen molar-refractivity contribution in [3.05, 3.63) is 23.9 Å². The number of nitrogens with one attached hydrogen (secondary N) is 1. The molecule has 0 unspecified atom stereocenters. The number of aliphatic hydroxyl groups is 1. The second-order valence-corrected chi connectivity index (χ2v) is 6.82. The molecule has 1 aromatic heterocycles. The maximum atomic E-state index is 10.4. The molecule has 0 aromatic carbocycles. The van der Waals surface area contributed by atoms with Gasteiger partial charge in [0.25, 0.3) is 0 Å². The van der Waals surface area contributed by atoms with Crippen LogP contribution in [-0.2, 0) is 5.41 Å². The standard InChI is InChI=1S/C16H26N2O/c1-15(2,3)13-7-8-14(17-11-13)18-12-16(19)9-5-4-6-10-16/h7-8,11,19H,4-6,9-10,12H2,1-3H3,(H,17,18). The Bertz CT molecular complexity index is 400. The van der Waals surface area contributed by atoms with E-state index in [4.69, 9.17) is 0 Å². The Morgan fingerprint density at radius 3 is 2.42 bits per heavy atom. The summed E-state index contributed by atoms with van der Waals surface area (Å²) in [6.45, 7) is 7.15. The Morgan fingerprint density at radius 1 is 1.21 bits per heavy atom. The second kappa shape index (κ2) is 5.49. The zero-order valence-electron chi connectivity index (χ0n) is 12.4. The van der Waals surface area contributed by atoms with E-state index in [1.165, 1.54) is 12.0 Å². The third-order valence-corrected chi connectivity index (χ3v) is 4.01. The minimum Gasteiger partial charge on any atom is -0.388 e. The Labute approximate surface area is 116 Å². The van der Waals surface area contributed by atoms with Crippen molar-refractivity contribution < 1.29 is 5.11 Å². The molecule has 1 heterocycles. The molecule has 0 amide bonds. The van der Waals surface area contributed by atoms with Gasteiger partial charge in [-0.2, -0.15) is 0 Å². The molecule has 0 spiro atoms. The maximum Gasteiger partial charge on any atom is 0.125 e. The van der Waals surface area contributed by atoms with Crippen molar-refractivity contribution in [3.8, 4) is 0 Å². The molecule has 19 heavy (non-hydrogen) atoms. The normalized spacial score (nSPS) is 19.2. The van der Waals surface area contributed by atoms with Gasteiger partial charge in [-0.25, -0.2) is 4.98 Å². The summed E-state index contributed by atoms with van der Waals surface area (Å²) < 4.78 is 0. The zero-order valence-corrected chi connectivity index (χ0v) is 12.4. The second-order valence-electron chi connectivity index (χ2n) is 6.82. The van der Waals surface area contributed by atoms with Crippen LogP contribution in [0.4, 0.5) is 5.82 Å². The topological polar surface area (TPSA) is 45.1 Å². The van der Waals surface area contributed by atoms with Gasteiger partial charge in [-0.05, 0) is 29.9 Å².